The second kappa shape index (κ2) is 11.9. The molecular formula is C28H41N7O2. The van der Waals surface area contributed by atoms with Crippen molar-refractivity contribution in [1.29, 1.82) is 0 Å². The molecule has 9 heteroatoms. The summed E-state index contributed by atoms with van der Waals surface area (Å²) in [6.45, 7) is 7.56. The fraction of sp³-hybridized carbons (Fsp3) is 0.607. The van der Waals surface area contributed by atoms with E-state index >= 15 is 0 Å². The molecule has 2 aliphatic rings. The number of rotatable bonds is 9. The third-order valence-corrected chi connectivity index (χ3v) is 7.88. The summed E-state index contributed by atoms with van der Waals surface area (Å²) in [6, 6.07) is 8.87. The Hall–Kier alpha value is -2.59. The summed E-state index contributed by atoms with van der Waals surface area (Å²) in [6.07, 6.45) is 6.77. The Morgan fingerprint density at radius 2 is 1.78 bits per heavy atom. The van der Waals surface area contributed by atoms with Gasteiger partial charge in [-0.1, -0.05) is 37.6 Å². The summed E-state index contributed by atoms with van der Waals surface area (Å²) in [5.41, 5.74) is 4.08. The molecule has 1 aliphatic carbocycles. The van der Waals surface area contributed by atoms with E-state index in [9.17, 15) is 10.2 Å². The highest BCUT2D eigenvalue weighted by Gasteiger charge is 2.26. The average molecular weight is 508 g/mol. The van der Waals surface area contributed by atoms with Gasteiger partial charge in [0, 0.05) is 44.5 Å². The van der Waals surface area contributed by atoms with Crippen LogP contribution in [0.3, 0.4) is 0 Å². The second-order valence-corrected chi connectivity index (χ2v) is 10.8. The van der Waals surface area contributed by atoms with E-state index in [0.29, 0.717) is 5.95 Å². The summed E-state index contributed by atoms with van der Waals surface area (Å²) >= 11 is 0. The van der Waals surface area contributed by atoms with E-state index in [4.69, 9.17) is 10.1 Å². The summed E-state index contributed by atoms with van der Waals surface area (Å²) < 4.78 is 2.05. The number of aromatic nitrogens is 4. The van der Waals surface area contributed by atoms with Crippen LogP contribution in [0.1, 0.15) is 57.1 Å². The lowest BCUT2D eigenvalue weighted by molar-refractivity contribution is 0.109. The minimum atomic E-state index is -0.225. The van der Waals surface area contributed by atoms with Gasteiger partial charge in [-0.15, -0.1) is 0 Å². The van der Waals surface area contributed by atoms with E-state index in [0.717, 1.165) is 93.5 Å². The lowest BCUT2D eigenvalue weighted by Crippen LogP contribution is -2.43. The number of nitrogens with zero attached hydrogens (tertiary/aromatic N) is 6. The Morgan fingerprint density at radius 1 is 1.05 bits per heavy atom. The van der Waals surface area contributed by atoms with Crippen molar-refractivity contribution in [3.63, 3.8) is 0 Å². The first-order valence-electron chi connectivity index (χ1n) is 13.8. The first-order valence-corrected chi connectivity index (χ1v) is 13.8. The number of aliphatic hydroxyl groups is 2. The summed E-state index contributed by atoms with van der Waals surface area (Å²) in [7, 11) is 2.18. The van der Waals surface area contributed by atoms with Crippen LogP contribution < -0.4 is 5.32 Å². The third-order valence-electron chi connectivity index (χ3n) is 7.88. The molecule has 1 aliphatic heterocycles. The van der Waals surface area contributed by atoms with E-state index in [-0.39, 0.29) is 24.8 Å². The molecule has 37 heavy (non-hydrogen) atoms. The molecule has 3 aromatic rings. The molecule has 0 radical (unpaired) electrons. The highest BCUT2D eigenvalue weighted by Crippen LogP contribution is 2.34. The monoisotopic (exact) mass is 507 g/mol. The zero-order valence-corrected chi connectivity index (χ0v) is 22.2. The van der Waals surface area contributed by atoms with Crippen molar-refractivity contribution in [3.8, 4) is 11.3 Å². The lowest BCUT2D eigenvalue weighted by Gasteiger charge is -2.32. The van der Waals surface area contributed by atoms with Crippen molar-refractivity contribution in [1.82, 2.24) is 29.5 Å². The van der Waals surface area contributed by atoms with Crippen LogP contribution in [0, 0.1) is 0 Å². The van der Waals surface area contributed by atoms with Gasteiger partial charge < -0.3 is 20.4 Å². The molecule has 0 unspecified atom stereocenters. The maximum absolute atomic E-state index is 10.1. The average Bonchev–Trinajstić information content (AvgIpc) is 3.29. The van der Waals surface area contributed by atoms with Gasteiger partial charge >= 0.3 is 0 Å². The molecular weight excluding hydrogens is 466 g/mol. The van der Waals surface area contributed by atoms with Crippen molar-refractivity contribution < 1.29 is 10.2 Å². The van der Waals surface area contributed by atoms with Gasteiger partial charge in [0.05, 0.1) is 30.2 Å². The molecule has 1 aromatic carbocycles. The van der Waals surface area contributed by atoms with Crippen LogP contribution in [0.2, 0.25) is 0 Å². The van der Waals surface area contributed by atoms with Gasteiger partial charge in [-0.05, 0) is 44.7 Å². The van der Waals surface area contributed by atoms with E-state index in [1.54, 1.807) is 0 Å². The van der Waals surface area contributed by atoms with E-state index in [2.05, 4.69) is 63.0 Å². The molecule has 5 rings (SSSR count). The van der Waals surface area contributed by atoms with Gasteiger partial charge in [-0.2, -0.15) is 10.1 Å². The number of anilines is 1. The molecule has 1 saturated carbocycles. The maximum Gasteiger partial charge on any atom is 0.225 e. The largest absolute Gasteiger partial charge is 0.394 e. The molecule has 2 fully saturated rings. The lowest BCUT2D eigenvalue weighted by atomic mass is 9.93. The fourth-order valence-electron chi connectivity index (χ4n) is 5.54. The number of likely N-dealkylation sites (N-methyl/N-ethyl adjacent to an activating group) is 1. The van der Waals surface area contributed by atoms with Crippen molar-refractivity contribution in [2.24, 2.45) is 0 Å². The molecule has 9 nitrogen and oxygen atoms in total. The molecule has 0 spiro atoms. The molecule has 200 valence electrons. The fourth-order valence-corrected chi connectivity index (χ4v) is 5.54. The minimum absolute atomic E-state index is 0.0424. The number of piperazine rings is 1. The van der Waals surface area contributed by atoms with Crippen LogP contribution >= 0.6 is 0 Å². The summed E-state index contributed by atoms with van der Waals surface area (Å²) in [4.78, 5) is 14.4. The Kier molecular flexibility index (Phi) is 8.34. The van der Waals surface area contributed by atoms with Crippen molar-refractivity contribution in [3.05, 3.63) is 36.0 Å². The predicted octanol–water partition coefficient (Wildman–Crippen LogP) is 3.29. The van der Waals surface area contributed by atoms with Crippen LogP contribution in [0.15, 0.2) is 30.5 Å². The standard InChI is InChI=1S/C28H41N7O2/c1-3-4-22(19-36)30-28-29-17-25-26(32-35(27(25)31-28)23-9-11-24(37)12-10-23)21-7-5-20(6-8-21)18-34-15-13-33(2)14-16-34/h5-8,17,22-24,36-37H,3-4,9-16,18-19H2,1-2H3,(H,29,30,31)/t22-,23?,24?/m1/s1. The Balaban J connectivity index is 1.43. The van der Waals surface area contributed by atoms with Crippen LogP contribution in [-0.2, 0) is 6.54 Å². The number of benzene rings is 1. The normalized spacial score (nSPS) is 22.4. The maximum atomic E-state index is 10.1. The Bertz CT molecular complexity index is 1150. The molecule has 3 N–H and O–H groups in total. The third kappa shape index (κ3) is 6.12. The highest BCUT2D eigenvalue weighted by molar-refractivity contribution is 5.91. The molecule has 3 heterocycles. The number of fused-ring (bicyclic) bond motifs is 1. The number of aliphatic hydroxyl groups excluding tert-OH is 2. The quantitative estimate of drug-likeness (QED) is 0.406. The molecule has 2 aromatic heterocycles. The van der Waals surface area contributed by atoms with Gasteiger partial charge in [0.2, 0.25) is 5.95 Å². The minimum Gasteiger partial charge on any atom is -0.394 e. The Labute approximate surface area is 219 Å². The van der Waals surface area contributed by atoms with Crippen LogP contribution in [-0.4, -0.2) is 91.7 Å². The topological polar surface area (TPSA) is 103 Å². The first kappa shape index (κ1) is 26.0. The molecule has 1 atom stereocenters. The molecule has 0 amide bonds. The highest BCUT2D eigenvalue weighted by atomic mass is 16.3. The van der Waals surface area contributed by atoms with Gasteiger partial charge in [0.25, 0.3) is 0 Å². The SMILES string of the molecule is CCC[C@H](CO)Nc1ncc2c(-c3ccc(CN4CCN(C)CC4)cc3)nn(C3CCC(O)CC3)c2n1. The van der Waals surface area contributed by atoms with E-state index < -0.39 is 0 Å². The Morgan fingerprint density at radius 3 is 2.46 bits per heavy atom. The van der Waals surface area contributed by atoms with E-state index in [1.165, 1.54) is 5.56 Å². The van der Waals surface area contributed by atoms with E-state index in [1.807, 2.05) is 6.20 Å². The number of nitrogens with one attached hydrogen (secondary N) is 1. The van der Waals surface area contributed by atoms with Crippen LogP contribution in [0.25, 0.3) is 22.3 Å². The second-order valence-electron chi connectivity index (χ2n) is 10.8. The van der Waals surface area contributed by atoms with Crippen LogP contribution in [0.4, 0.5) is 5.95 Å². The predicted molar refractivity (Wildman–Crippen MR) is 146 cm³/mol. The van der Waals surface area contributed by atoms with Crippen molar-refractivity contribution in [2.75, 3.05) is 45.2 Å². The zero-order chi connectivity index (χ0) is 25.8. The first-order chi connectivity index (χ1) is 18.0. The van der Waals surface area contributed by atoms with Gasteiger partial charge in [0.1, 0.15) is 5.69 Å². The number of hydrogen-bond acceptors (Lipinski definition) is 8. The smallest absolute Gasteiger partial charge is 0.225 e. The van der Waals surface area contributed by atoms with Gasteiger partial charge in [0.15, 0.2) is 5.65 Å². The van der Waals surface area contributed by atoms with Crippen molar-refractivity contribution in [2.45, 2.75) is 70.2 Å². The zero-order valence-electron chi connectivity index (χ0n) is 22.2. The van der Waals surface area contributed by atoms with Crippen molar-refractivity contribution >= 4 is 17.0 Å². The summed E-state index contributed by atoms with van der Waals surface area (Å²) in [5, 5.41) is 29.1. The van der Waals surface area contributed by atoms with Crippen LogP contribution in [0.5, 0.6) is 0 Å². The summed E-state index contributed by atoms with van der Waals surface area (Å²) in [5.74, 6) is 0.520. The molecule has 0 bridgehead atoms. The molecule has 1 saturated heterocycles. The van der Waals surface area contributed by atoms with Gasteiger partial charge in [-0.3, -0.25) is 4.90 Å². The van der Waals surface area contributed by atoms with Gasteiger partial charge in [-0.25, -0.2) is 9.67 Å². The number of hydrogen-bond donors (Lipinski definition) is 3.